The molecular formula is C17H21NO5. The normalized spacial score (nSPS) is 19.0. The highest BCUT2D eigenvalue weighted by atomic mass is 16.5. The first-order valence-electron chi connectivity index (χ1n) is 7.67. The van der Waals surface area contributed by atoms with E-state index in [1.165, 1.54) is 6.92 Å². The van der Waals surface area contributed by atoms with E-state index in [0.717, 1.165) is 0 Å². The summed E-state index contributed by atoms with van der Waals surface area (Å²) in [5.74, 6) is -1.24. The number of aliphatic carboxylic acids is 1. The SMILES string of the molecule is CC(=O)c1cccc(OC(C)C(=O)N2CCC[C@H](C(=O)O)C2)c1. The molecule has 124 valence electrons. The highest BCUT2D eigenvalue weighted by Gasteiger charge is 2.30. The number of hydrogen-bond donors (Lipinski definition) is 1. The summed E-state index contributed by atoms with van der Waals surface area (Å²) in [5.41, 5.74) is 0.520. The van der Waals surface area contributed by atoms with Gasteiger partial charge in [-0.25, -0.2) is 0 Å². The fourth-order valence-electron chi connectivity index (χ4n) is 2.68. The van der Waals surface area contributed by atoms with Crippen molar-refractivity contribution in [1.82, 2.24) is 4.90 Å². The van der Waals surface area contributed by atoms with Crippen LogP contribution in [0.15, 0.2) is 24.3 Å². The van der Waals surface area contributed by atoms with Gasteiger partial charge in [-0.3, -0.25) is 14.4 Å². The van der Waals surface area contributed by atoms with E-state index < -0.39 is 18.0 Å². The number of Topliss-reactive ketones (excluding diaryl/α,β-unsaturated/α-hetero) is 1. The van der Waals surface area contributed by atoms with Gasteiger partial charge in [-0.2, -0.15) is 0 Å². The first-order valence-corrected chi connectivity index (χ1v) is 7.67. The van der Waals surface area contributed by atoms with Crippen LogP contribution in [0.4, 0.5) is 0 Å². The molecule has 1 aliphatic rings. The molecule has 2 rings (SSSR count). The third-order valence-corrected chi connectivity index (χ3v) is 3.98. The van der Waals surface area contributed by atoms with Crippen LogP contribution in [0.5, 0.6) is 5.75 Å². The van der Waals surface area contributed by atoms with Crippen molar-refractivity contribution in [2.24, 2.45) is 5.92 Å². The minimum absolute atomic E-state index is 0.0743. The maximum atomic E-state index is 12.4. The zero-order valence-corrected chi connectivity index (χ0v) is 13.3. The van der Waals surface area contributed by atoms with Crippen molar-refractivity contribution in [2.75, 3.05) is 13.1 Å². The largest absolute Gasteiger partial charge is 0.481 e. The molecule has 1 heterocycles. The Bertz CT molecular complexity index is 613. The van der Waals surface area contributed by atoms with Gasteiger partial charge < -0.3 is 14.7 Å². The summed E-state index contributed by atoms with van der Waals surface area (Å²) in [4.78, 5) is 36.4. The number of carbonyl (C=O) groups is 3. The number of hydrogen-bond acceptors (Lipinski definition) is 4. The number of amides is 1. The van der Waals surface area contributed by atoms with Gasteiger partial charge in [-0.15, -0.1) is 0 Å². The molecule has 2 atom stereocenters. The van der Waals surface area contributed by atoms with Crippen LogP contribution < -0.4 is 4.74 Å². The third kappa shape index (κ3) is 4.31. The second kappa shape index (κ2) is 7.26. The summed E-state index contributed by atoms with van der Waals surface area (Å²) >= 11 is 0. The molecule has 1 aromatic carbocycles. The van der Waals surface area contributed by atoms with Crippen LogP contribution in [0.2, 0.25) is 0 Å². The molecule has 1 aromatic rings. The van der Waals surface area contributed by atoms with Gasteiger partial charge in [0.1, 0.15) is 5.75 Å². The van der Waals surface area contributed by atoms with E-state index in [9.17, 15) is 14.4 Å². The van der Waals surface area contributed by atoms with Gasteiger partial charge in [-0.05, 0) is 38.8 Å². The van der Waals surface area contributed by atoms with Gasteiger partial charge in [0.25, 0.3) is 5.91 Å². The summed E-state index contributed by atoms with van der Waals surface area (Å²) in [6.45, 7) is 3.86. The highest BCUT2D eigenvalue weighted by molar-refractivity contribution is 5.94. The van der Waals surface area contributed by atoms with E-state index in [1.54, 1.807) is 36.1 Å². The maximum Gasteiger partial charge on any atom is 0.308 e. The van der Waals surface area contributed by atoms with E-state index in [1.807, 2.05) is 0 Å². The van der Waals surface area contributed by atoms with Crippen LogP contribution in [0.1, 0.15) is 37.0 Å². The minimum atomic E-state index is -0.870. The van der Waals surface area contributed by atoms with Crippen molar-refractivity contribution >= 4 is 17.7 Å². The number of ketones is 1. The second-order valence-electron chi connectivity index (χ2n) is 5.81. The first-order chi connectivity index (χ1) is 10.9. The molecule has 1 fully saturated rings. The van der Waals surface area contributed by atoms with E-state index in [0.29, 0.717) is 30.7 Å². The Labute approximate surface area is 135 Å². The van der Waals surface area contributed by atoms with Crippen LogP contribution >= 0.6 is 0 Å². The van der Waals surface area contributed by atoms with E-state index >= 15 is 0 Å². The second-order valence-corrected chi connectivity index (χ2v) is 5.81. The summed E-state index contributed by atoms with van der Waals surface area (Å²) in [6.07, 6.45) is 0.536. The monoisotopic (exact) mass is 319 g/mol. The highest BCUT2D eigenvalue weighted by Crippen LogP contribution is 2.20. The van der Waals surface area contributed by atoms with Gasteiger partial charge >= 0.3 is 5.97 Å². The number of piperidine rings is 1. The molecule has 6 nitrogen and oxygen atoms in total. The Morgan fingerprint density at radius 2 is 2.09 bits per heavy atom. The van der Waals surface area contributed by atoms with Crippen LogP contribution in [0, 0.1) is 5.92 Å². The number of nitrogens with zero attached hydrogens (tertiary/aromatic N) is 1. The number of rotatable bonds is 5. The van der Waals surface area contributed by atoms with Crippen LogP contribution in [-0.2, 0) is 9.59 Å². The average molecular weight is 319 g/mol. The van der Waals surface area contributed by atoms with Crippen molar-refractivity contribution in [1.29, 1.82) is 0 Å². The fraction of sp³-hybridized carbons (Fsp3) is 0.471. The van der Waals surface area contributed by atoms with E-state index in [2.05, 4.69) is 0 Å². The smallest absolute Gasteiger partial charge is 0.308 e. The number of benzene rings is 1. The molecule has 0 spiro atoms. The van der Waals surface area contributed by atoms with Gasteiger partial charge in [-0.1, -0.05) is 12.1 Å². The number of ether oxygens (including phenoxy) is 1. The molecule has 1 aliphatic heterocycles. The zero-order valence-electron chi connectivity index (χ0n) is 13.3. The Hall–Kier alpha value is -2.37. The Kier molecular flexibility index (Phi) is 5.36. The van der Waals surface area contributed by atoms with Crippen molar-refractivity contribution in [2.45, 2.75) is 32.8 Å². The van der Waals surface area contributed by atoms with Gasteiger partial charge in [0.05, 0.1) is 5.92 Å². The first kappa shape index (κ1) is 17.0. The zero-order chi connectivity index (χ0) is 17.0. The molecular weight excluding hydrogens is 298 g/mol. The van der Waals surface area contributed by atoms with E-state index in [4.69, 9.17) is 9.84 Å². The van der Waals surface area contributed by atoms with Crippen LogP contribution in [0.25, 0.3) is 0 Å². The van der Waals surface area contributed by atoms with Gasteiger partial charge in [0.2, 0.25) is 0 Å². The standard InChI is InChI=1S/C17H21NO5/c1-11(19)13-5-3-7-15(9-13)23-12(2)16(20)18-8-4-6-14(10-18)17(21)22/h3,5,7,9,12,14H,4,6,8,10H2,1-2H3,(H,21,22)/t12?,14-/m0/s1. The lowest BCUT2D eigenvalue weighted by atomic mass is 9.98. The van der Waals surface area contributed by atoms with Gasteiger partial charge in [0.15, 0.2) is 11.9 Å². The Balaban J connectivity index is 2.01. The Morgan fingerprint density at radius 1 is 1.35 bits per heavy atom. The van der Waals surface area contributed by atoms with Crippen molar-refractivity contribution < 1.29 is 24.2 Å². The number of carbonyl (C=O) groups excluding carboxylic acids is 2. The lowest BCUT2D eigenvalue weighted by molar-refractivity contribution is -0.147. The fourth-order valence-corrected chi connectivity index (χ4v) is 2.68. The quantitative estimate of drug-likeness (QED) is 0.839. The van der Waals surface area contributed by atoms with Crippen molar-refractivity contribution in [3.63, 3.8) is 0 Å². The summed E-state index contributed by atoms with van der Waals surface area (Å²) < 4.78 is 5.63. The van der Waals surface area contributed by atoms with Crippen molar-refractivity contribution in [3.05, 3.63) is 29.8 Å². The molecule has 1 saturated heterocycles. The number of carboxylic acid groups (broad SMARTS) is 1. The average Bonchev–Trinajstić information content (AvgIpc) is 2.54. The molecule has 0 saturated carbocycles. The molecule has 0 aromatic heterocycles. The lowest BCUT2D eigenvalue weighted by Crippen LogP contribution is -2.47. The predicted octanol–water partition coefficient (Wildman–Crippen LogP) is 1.98. The van der Waals surface area contributed by atoms with Crippen LogP contribution in [-0.4, -0.2) is 46.9 Å². The molecule has 0 radical (unpaired) electrons. The summed E-state index contributed by atoms with van der Waals surface area (Å²) in [6, 6.07) is 6.67. The van der Waals surface area contributed by atoms with Crippen LogP contribution in [0.3, 0.4) is 0 Å². The maximum absolute atomic E-state index is 12.4. The van der Waals surface area contributed by atoms with Crippen molar-refractivity contribution in [3.8, 4) is 5.75 Å². The molecule has 6 heteroatoms. The predicted molar refractivity (Wildman–Crippen MR) is 83.5 cm³/mol. The summed E-state index contributed by atoms with van der Waals surface area (Å²) in [7, 11) is 0. The molecule has 1 N–H and O–H groups in total. The summed E-state index contributed by atoms with van der Waals surface area (Å²) in [5, 5.41) is 9.09. The third-order valence-electron chi connectivity index (χ3n) is 3.98. The van der Waals surface area contributed by atoms with Gasteiger partial charge in [0, 0.05) is 18.7 Å². The number of likely N-dealkylation sites (tertiary alicyclic amines) is 1. The molecule has 0 bridgehead atoms. The molecule has 1 amide bonds. The molecule has 0 aliphatic carbocycles. The molecule has 1 unspecified atom stereocenters. The minimum Gasteiger partial charge on any atom is -0.481 e. The topological polar surface area (TPSA) is 83.9 Å². The Morgan fingerprint density at radius 3 is 2.74 bits per heavy atom. The lowest BCUT2D eigenvalue weighted by Gasteiger charge is -2.32. The number of carboxylic acids is 1. The van der Waals surface area contributed by atoms with E-state index in [-0.39, 0.29) is 18.2 Å². The molecule has 23 heavy (non-hydrogen) atoms.